The van der Waals surface area contributed by atoms with Crippen LogP contribution in [0.4, 0.5) is 0 Å². The van der Waals surface area contributed by atoms with E-state index in [9.17, 15) is 16.8 Å². The lowest BCUT2D eigenvalue weighted by molar-refractivity contribution is 0.273. The molecule has 0 spiro atoms. The van der Waals surface area contributed by atoms with Gasteiger partial charge in [0.1, 0.15) is 4.21 Å². The smallest absolute Gasteiger partial charge is 0.212 e. The van der Waals surface area contributed by atoms with Gasteiger partial charge in [0.25, 0.3) is 10.0 Å². The Morgan fingerprint density at radius 3 is 2.10 bits per heavy atom. The summed E-state index contributed by atoms with van der Waals surface area (Å²) in [5.74, 6) is 0.0393. The van der Waals surface area contributed by atoms with Crippen molar-refractivity contribution < 1.29 is 16.8 Å². The molecule has 1 aromatic rings. The minimum atomic E-state index is -3.52. The van der Waals surface area contributed by atoms with Crippen molar-refractivity contribution in [2.75, 3.05) is 31.9 Å². The molecule has 0 bridgehead atoms. The summed E-state index contributed by atoms with van der Waals surface area (Å²) in [6, 6.07) is 3.24. The Balaban J connectivity index is 2.11. The number of hydrogen-bond acceptors (Lipinski definition) is 5. The van der Waals surface area contributed by atoms with Crippen LogP contribution in [0.3, 0.4) is 0 Å². The van der Waals surface area contributed by atoms with Gasteiger partial charge in [-0.1, -0.05) is 0 Å². The first-order valence-corrected chi connectivity index (χ1v) is 10.7. The van der Waals surface area contributed by atoms with Gasteiger partial charge in [-0.2, -0.15) is 8.61 Å². The summed E-state index contributed by atoms with van der Waals surface area (Å²) in [7, 11) is -6.76. The number of nitrogens with zero attached hydrogens (tertiary/aromatic N) is 2. The Morgan fingerprint density at radius 1 is 1.10 bits per heavy atom. The van der Waals surface area contributed by atoms with Crippen LogP contribution in [0.2, 0.25) is 0 Å². The molecule has 0 amide bonds. The van der Waals surface area contributed by atoms with Gasteiger partial charge in [0, 0.05) is 26.2 Å². The van der Waals surface area contributed by atoms with Crippen LogP contribution in [-0.2, 0) is 20.0 Å². The van der Waals surface area contributed by atoms with E-state index in [-0.39, 0.29) is 36.1 Å². The van der Waals surface area contributed by atoms with E-state index in [0.29, 0.717) is 0 Å². The quantitative estimate of drug-likeness (QED) is 0.757. The van der Waals surface area contributed by atoms with Crippen molar-refractivity contribution in [2.24, 2.45) is 0 Å². The second kappa shape index (κ2) is 6.01. The molecule has 1 saturated heterocycles. The Labute approximate surface area is 131 Å². The number of hydrogen-bond donors (Lipinski definition) is 0. The Bertz CT molecular complexity index is 675. The number of thiophene rings is 1. The molecule has 0 aliphatic carbocycles. The molecule has 1 aliphatic heterocycles. The molecule has 20 heavy (non-hydrogen) atoms. The zero-order chi connectivity index (χ0) is 15.0. The van der Waals surface area contributed by atoms with E-state index >= 15 is 0 Å². The van der Waals surface area contributed by atoms with Crippen LogP contribution in [0.5, 0.6) is 0 Å². The third-order valence-electron chi connectivity index (χ3n) is 3.10. The van der Waals surface area contributed by atoms with Gasteiger partial charge < -0.3 is 0 Å². The molecular weight excluding hydrogens is 388 g/mol. The van der Waals surface area contributed by atoms with Crippen molar-refractivity contribution in [3.63, 3.8) is 0 Å². The Kier molecular flexibility index (Phi) is 4.92. The van der Waals surface area contributed by atoms with E-state index in [2.05, 4.69) is 15.9 Å². The first-order chi connectivity index (χ1) is 9.27. The van der Waals surface area contributed by atoms with Crippen molar-refractivity contribution in [3.05, 3.63) is 15.9 Å². The second-order valence-electron chi connectivity index (χ2n) is 4.26. The van der Waals surface area contributed by atoms with Gasteiger partial charge in [-0.25, -0.2) is 16.8 Å². The number of rotatable bonds is 4. The summed E-state index contributed by atoms with van der Waals surface area (Å²) in [6.45, 7) is 2.39. The minimum absolute atomic E-state index is 0.0393. The van der Waals surface area contributed by atoms with Crippen LogP contribution in [0, 0.1) is 0 Å². The fourth-order valence-corrected chi connectivity index (χ4v) is 6.61. The maximum atomic E-state index is 12.4. The highest BCUT2D eigenvalue weighted by molar-refractivity contribution is 9.11. The zero-order valence-corrected chi connectivity index (χ0v) is 14.9. The zero-order valence-electron chi connectivity index (χ0n) is 10.8. The highest BCUT2D eigenvalue weighted by Gasteiger charge is 2.32. The highest BCUT2D eigenvalue weighted by Crippen LogP contribution is 2.29. The summed E-state index contributed by atoms with van der Waals surface area (Å²) in [4.78, 5) is 0. The first kappa shape index (κ1) is 16.4. The molecule has 1 fully saturated rings. The van der Waals surface area contributed by atoms with Gasteiger partial charge in [0.05, 0.1) is 9.54 Å². The van der Waals surface area contributed by atoms with Crippen LogP contribution >= 0.6 is 27.3 Å². The normalized spacial score (nSPS) is 19.3. The van der Waals surface area contributed by atoms with E-state index in [0.717, 1.165) is 15.1 Å². The summed E-state index contributed by atoms with van der Waals surface area (Å²) < 4.78 is 51.9. The van der Waals surface area contributed by atoms with Crippen LogP contribution in [0.1, 0.15) is 6.92 Å². The number of piperazine rings is 1. The van der Waals surface area contributed by atoms with E-state index in [4.69, 9.17) is 0 Å². The average molecular weight is 403 g/mol. The average Bonchev–Trinajstić information content (AvgIpc) is 2.86. The van der Waals surface area contributed by atoms with E-state index in [1.54, 1.807) is 19.1 Å². The summed E-state index contributed by atoms with van der Waals surface area (Å²) in [5, 5.41) is 0. The fraction of sp³-hybridized carbons (Fsp3) is 0.600. The molecule has 6 nitrogen and oxygen atoms in total. The van der Waals surface area contributed by atoms with Gasteiger partial charge in [-0.3, -0.25) is 0 Å². The van der Waals surface area contributed by atoms with Crippen molar-refractivity contribution in [2.45, 2.75) is 11.1 Å². The molecule has 0 aromatic carbocycles. The van der Waals surface area contributed by atoms with Crippen molar-refractivity contribution in [3.8, 4) is 0 Å². The second-order valence-corrected chi connectivity index (χ2v) is 11.1. The Morgan fingerprint density at radius 2 is 1.65 bits per heavy atom. The van der Waals surface area contributed by atoms with E-state index < -0.39 is 20.0 Å². The molecular formula is C10H15BrN2O4S3. The molecule has 0 unspecified atom stereocenters. The molecule has 2 heterocycles. The van der Waals surface area contributed by atoms with Crippen LogP contribution in [-0.4, -0.2) is 57.4 Å². The highest BCUT2D eigenvalue weighted by atomic mass is 79.9. The lowest BCUT2D eigenvalue weighted by Gasteiger charge is -2.32. The molecule has 0 N–H and O–H groups in total. The fourth-order valence-electron chi connectivity index (χ4n) is 1.93. The van der Waals surface area contributed by atoms with E-state index in [1.165, 1.54) is 8.61 Å². The Hall–Kier alpha value is -0.0000000000000000833. The molecule has 1 aliphatic rings. The molecule has 0 radical (unpaired) electrons. The molecule has 114 valence electrons. The third kappa shape index (κ3) is 3.25. The van der Waals surface area contributed by atoms with Crippen LogP contribution in [0.25, 0.3) is 0 Å². The maximum absolute atomic E-state index is 12.4. The molecule has 2 rings (SSSR count). The molecule has 10 heteroatoms. The molecule has 0 atom stereocenters. The van der Waals surface area contributed by atoms with Gasteiger partial charge in [0.15, 0.2) is 0 Å². The molecule has 0 saturated carbocycles. The van der Waals surface area contributed by atoms with Crippen molar-refractivity contribution in [1.29, 1.82) is 0 Å². The largest absolute Gasteiger partial charge is 0.252 e. The summed E-state index contributed by atoms with van der Waals surface area (Å²) in [6.07, 6.45) is 0. The van der Waals surface area contributed by atoms with Crippen molar-refractivity contribution >= 4 is 47.3 Å². The van der Waals surface area contributed by atoms with Gasteiger partial charge >= 0.3 is 0 Å². The summed E-state index contributed by atoms with van der Waals surface area (Å²) >= 11 is 4.40. The molecule has 1 aromatic heterocycles. The monoisotopic (exact) mass is 402 g/mol. The number of sulfonamides is 2. The minimum Gasteiger partial charge on any atom is -0.212 e. The third-order valence-corrected chi connectivity index (χ3v) is 8.97. The van der Waals surface area contributed by atoms with Gasteiger partial charge in [0.2, 0.25) is 10.0 Å². The standard InChI is InChI=1S/C10H15BrN2O4S3/c1-2-19(14,15)12-5-7-13(8-6-12)20(16,17)10-4-3-9(11)18-10/h3-4H,2,5-8H2,1H3. The SMILES string of the molecule is CCS(=O)(=O)N1CCN(S(=O)(=O)c2ccc(Br)s2)CC1. The first-order valence-electron chi connectivity index (χ1n) is 6.00. The van der Waals surface area contributed by atoms with E-state index in [1.807, 2.05) is 0 Å². The number of halogens is 1. The van der Waals surface area contributed by atoms with Gasteiger partial charge in [-0.15, -0.1) is 11.3 Å². The predicted octanol–water partition coefficient (Wildman–Crippen LogP) is 1.17. The maximum Gasteiger partial charge on any atom is 0.252 e. The lowest BCUT2D eigenvalue weighted by atomic mass is 10.4. The van der Waals surface area contributed by atoms with Crippen LogP contribution < -0.4 is 0 Å². The predicted molar refractivity (Wildman–Crippen MR) is 81.8 cm³/mol. The van der Waals surface area contributed by atoms with Crippen LogP contribution in [0.15, 0.2) is 20.1 Å². The lowest BCUT2D eigenvalue weighted by Crippen LogP contribution is -2.50. The van der Waals surface area contributed by atoms with Crippen molar-refractivity contribution in [1.82, 2.24) is 8.61 Å². The summed E-state index contributed by atoms with van der Waals surface area (Å²) in [5.41, 5.74) is 0. The van der Waals surface area contributed by atoms with Gasteiger partial charge in [-0.05, 0) is 35.0 Å². The topological polar surface area (TPSA) is 74.8 Å².